The number of nitrogens with two attached hydrogens (primary N) is 1. The molecule has 2 aromatic heterocycles. The molecule has 1 unspecified atom stereocenters. The number of fused-ring (bicyclic) bond motifs is 7. The molecule has 0 saturated heterocycles. The number of amidine groups is 2. The van der Waals surface area contributed by atoms with E-state index in [-0.39, 0.29) is 6.04 Å². The molecule has 0 radical (unpaired) electrons. The predicted octanol–water partition coefficient (Wildman–Crippen LogP) is 13.4. The smallest absolute Gasteiger partial charge is 0.157 e. The Kier molecular flexibility index (Phi) is 8.08. The van der Waals surface area contributed by atoms with Crippen LogP contribution < -0.4 is 5.73 Å². The number of hydrogen-bond donors (Lipinski definition) is 1. The summed E-state index contributed by atoms with van der Waals surface area (Å²) in [5.41, 5.74) is 15.8. The highest BCUT2D eigenvalue weighted by molar-refractivity contribution is 7.25. The summed E-state index contributed by atoms with van der Waals surface area (Å²) in [6, 6.07) is 61.2. The summed E-state index contributed by atoms with van der Waals surface area (Å²) >= 11 is 1.84. The van der Waals surface area contributed by atoms with E-state index >= 15 is 0 Å². The Balaban J connectivity index is 1.08. The molecule has 10 aromatic rings. The fourth-order valence-corrected chi connectivity index (χ4v) is 8.81. The summed E-state index contributed by atoms with van der Waals surface area (Å²) in [6.07, 6.45) is 0. The van der Waals surface area contributed by atoms with Gasteiger partial charge in [0.1, 0.15) is 17.0 Å². The third-order valence-electron chi connectivity index (χ3n) is 10.5. The Morgan fingerprint density at radius 2 is 1.25 bits per heavy atom. The first-order valence-corrected chi connectivity index (χ1v) is 19.3. The number of hydrogen-bond acceptors (Lipinski definition) is 3. The zero-order valence-corrected chi connectivity index (χ0v) is 30.9. The molecule has 5 heteroatoms. The number of rotatable bonds is 6. The monoisotopic (exact) mass is 725 g/mol. The third-order valence-corrected chi connectivity index (χ3v) is 11.7. The zero-order chi connectivity index (χ0) is 36.9. The van der Waals surface area contributed by atoms with Crippen LogP contribution in [0.5, 0.6) is 0 Å². The Morgan fingerprint density at radius 1 is 0.582 bits per heavy atom. The number of aliphatic imine (C=N–C) groups is 2. The van der Waals surface area contributed by atoms with Gasteiger partial charge in [-0.3, -0.25) is 4.99 Å². The van der Waals surface area contributed by atoms with Gasteiger partial charge >= 0.3 is 0 Å². The maximum Gasteiger partial charge on any atom is 0.157 e. The lowest BCUT2D eigenvalue weighted by Gasteiger charge is -2.11. The molecule has 0 bridgehead atoms. The number of furan rings is 1. The standard InChI is InChI=1S/C50H35N3OS/c1-31(32-12-4-2-5-13-32)52-50(35-24-22-34(23-25-35)33-14-6-3-7-15-33)53-49(51)41-20-11-21-44-47(41)40-19-10-18-39(48(40)54-44)38-26-27-45-42(29-38)43-28-36-16-8-9-17-37(36)30-46(43)55-45/h2-31H,1H3,(H2,51,52,53). The Morgan fingerprint density at radius 3 is 2.05 bits per heavy atom. The zero-order valence-electron chi connectivity index (χ0n) is 30.1. The van der Waals surface area contributed by atoms with Crippen LogP contribution in [-0.2, 0) is 0 Å². The normalized spacial score (nSPS) is 13.0. The van der Waals surface area contributed by atoms with Gasteiger partial charge in [0.2, 0.25) is 0 Å². The Labute approximate surface area is 322 Å². The average molecular weight is 726 g/mol. The second kappa shape index (κ2) is 13.5. The number of benzene rings is 8. The van der Waals surface area contributed by atoms with Gasteiger partial charge in [-0.05, 0) is 70.3 Å². The minimum absolute atomic E-state index is 0.133. The Bertz CT molecular complexity index is 3100. The summed E-state index contributed by atoms with van der Waals surface area (Å²) in [5.74, 6) is 0.950. The molecule has 10 rings (SSSR count). The van der Waals surface area contributed by atoms with Crippen LogP contribution in [-0.4, -0.2) is 11.7 Å². The third kappa shape index (κ3) is 5.95. The van der Waals surface area contributed by atoms with E-state index < -0.39 is 0 Å². The van der Waals surface area contributed by atoms with Crippen LogP contribution in [0.2, 0.25) is 0 Å². The highest BCUT2D eigenvalue weighted by Gasteiger charge is 2.19. The molecule has 0 fully saturated rings. The van der Waals surface area contributed by atoms with Gasteiger partial charge in [-0.25, -0.2) is 4.99 Å². The van der Waals surface area contributed by atoms with Crippen molar-refractivity contribution in [2.75, 3.05) is 0 Å². The summed E-state index contributed by atoms with van der Waals surface area (Å²) in [4.78, 5) is 10.2. The highest BCUT2D eigenvalue weighted by atomic mass is 32.1. The number of thiophene rings is 1. The van der Waals surface area contributed by atoms with Crippen LogP contribution in [0.25, 0.3) is 75.1 Å². The molecule has 2 heterocycles. The second-order valence-electron chi connectivity index (χ2n) is 14.0. The Hall–Kier alpha value is -6.82. The van der Waals surface area contributed by atoms with E-state index in [1.807, 2.05) is 53.8 Å². The van der Waals surface area contributed by atoms with Crippen molar-refractivity contribution in [2.24, 2.45) is 15.7 Å². The predicted molar refractivity (Wildman–Crippen MR) is 234 cm³/mol. The van der Waals surface area contributed by atoms with Crippen LogP contribution in [0.15, 0.2) is 190 Å². The van der Waals surface area contributed by atoms with Crippen molar-refractivity contribution < 1.29 is 4.42 Å². The van der Waals surface area contributed by atoms with Crippen molar-refractivity contribution in [3.8, 4) is 22.3 Å². The van der Waals surface area contributed by atoms with E-state index in [9.17, 15) is 0 Å². The quantitative estimate of drug-likeness (QED) is 0.137. The van der Waals surface area contributed by atoms with E-state index in [0.29, 0.717) is 11.7 Å². The molecular weight excluding hydrogens is 691 g/mol. The topological polar surface area (TPSA) is 63.9 Å². The summed E-state index contributed by atoms with van der Waals surface area (Å²) in [5, 5.41) is 6.96. The molecule has 0 saturated carbocycles. The molecular formula is C50H35N3OS. The van der Waals surface area contributed by atoms with E-state index in [1.54, 1.807) is 0 Å². The summed E-state index contributed by atoms with van der Waals surface area (Å²) in [7, 11) is 0. The van der Waals surface area contributed by atoms with Gasteiger partial charge < -0.3 is 10.2 Å². The van der Waals surface area contributed by atoms with E-state index in [1.165, 1.54) is 30.9 Å². The van der Waals surface area contributed by atoms with Gasteiger partial charge in [0.05, 0.1) is 6.04 Å². The molecule has 262 valence electrons. The molecule has 0 aliphatic rings. The van der Waals surface area contributed by atoms with Gasteiger partial charge in [-0.15, -0.1) is 11.3 Å². The largest absolute Gasteiger partial charge is 0.455 e. The summed E-state index contributed by atoms with van der Waals surface area (Å²) in [6.45, 7) is 2.09. The molecule has 4 nitrogen and oxygen atoms in total. The van der Waals surface area contributed by atoms with Crippen molar-refractivity contribution in [3.05, 3.63) is 193 Å². The summed E-state index contributed by atoms with van der Waals surface area (Å²) < 4.78 is 9.26. The SMILES string of the molecule is CC(N=C(N=C(N)c1cccc2oc3c(-c4ccc5sc6cc7ccccc7cc6c5c4)cccc3c12)c1ccc(-c2ccccc2)cc1)c1ccccc1. The lowest BCUT2D eigenvalue weighted by atomic mass is 9.98. The molecule has 0 aliphatic heterocycles. The van der Waals surface area contributed by atoms with Gasteiger partial charge in [0, 0.05) is 47.6 Å². The molecule has 0 spiro atoms. The molecule has 2 N–H and O–H groups in total. The fraction of sp³-hybridized carbons (Fsp3) is 0.0400. The lowest BCUT2D eigenvalue weighted by molar-refractivity contribution is 0.670. The highest BCUT2D eigenvalue weighted by Crippen LogP contribution is 2.41. The molecule has 1 atom stereocenters. The van der Waals surface area contributed by atoms with Gasteiger partial charge in [0.15, 0.2) is 5.84 Å². The van der Waals surface area contributed by atoms with Crippen LogP contribution >= 0.6 is 11.3 Å². The first-order chi connectivity index (χ1) is 27.1. The molecule has 8 aromatic carbocycles. The maximum absolute atomic E-state index is 7.01. The first-order valence-electron chi connectivity index (χ1n) is 18.5. The number of nitrogens with zero attached hydrogens (tertiary/aromatic N) is 2. The van der Waals surface area contributed by atoms with Gasteiger partial charge in [-0.1, -0.05) is 146 Å². The minimum atomic E-state index is -0.133. The molecule has 0 amide bonds. The van der Waals surface area contributed by atoms with E-state index in [4.69, 9.17) is 20.1 Å². The molecule has 0 aliphatic carbocycles. The minimum Gasteiger partial charge on any atom is -0.455 e. The molecule has 55 heavy (non-hydrogen) atoms. The van der Waals surface area contributed by atoms with Crippen molar-refractivity contribution >= 4 is 75.9 Å². The van der Waals surface area contributed by atoms with Crippen molar-refractivity contribution in [1.82, 2.24) is 0 Å². The van der Waals surface area contributed by atoms with Crippen molar-refractivity contribution in [3.63, 3.8) is 0 Å². The van der Waals surface area contributed by atoms with Crippen molar-refractivity contribution in [2.45, 2.75) is 13.0 Å². The van der Waals surface area contributed by atoms with Crippen LogP contribution in [0.1, 0.15) is 29.7 Å². The van der Waals surface area contributed by atoms with Gasteiger partial charge in [-0.2, -0.15) is 0 Å². The van der Waals surface area contributed by atoms with Crippen LogP contribution in [0, 0.1) is 0 Å². The van der Waals surface area contributed by atoms with Crippen LogP contribution in [0.4, 0.5) is 0 Å². The van der Waals surface area contributed by atoms with Gasteiger partial charge in [0.25, 0.3) is 0 Å². The fourth-order valence-electron chi connectivity index (χ4n) is 7.69. The second-order valence-corrected chi connectivity index (χ2v) is 15.0. The van der Waals surface area contributed by atoms with E-state index in [0.717, 1.165) is 60.9 Å². The van der Waals surface area contributed by atoms with Crippen LogP contribution in [0.3, 0.4) is 0 Å². The average Bonchev–Trinajstić information content (AvgIpc) is 3.81. The van der Waals surface area contributed by atoms with Crippen molar-refractivity contribution in [1.29, 1.82) is 0 Å². The number of para-hydroxylation sites is 1. The lowest BCUT2D eigenvalue weighted by Crippen LogP contribution is -2.17. The first kappa shape index (κ1) is 32.8. The van der Waals surface area contributed by atoms with E-state index in [2.05, 4.69) is 140 Å². The maximum atomic E-state index is 7.01.